The van der Waals surface area contributed by atoms with Crippen molar-refractivity contribution >= 4 is 12.0 Å². The summed E-state index contributed by atoms with van der Waals surface area (Å²) in [5.41, 5.74) is 5.17. The number of ether oxygens (including phenoxy) is 1. The molecule has 0 aromatic rings. The van der Waals surface area contributed by atoms with Gasteiger partial charge in [-0.15, -0.1) is 0 Å². The summed E-state index contributed by atoms with van der Waals surface area (Å²) in [6, 6.07) is -0.970. The lowest BCUT2D eigenvalue weighted by molar-refractivity contribution is -0.148. The molecule has 1 aliphatic heterocycles. The minimum atomic E-state index is -0.527. The highest BCUT2D eigenvalue weighted by molar-refractivity contribution is 5.83. The fraction of sp³-hybridized carbons (Fsp3) is 0.800. The number of carbonyl (C=O) groups excluding carboxylic acids is 2. The van der Waals surface area contributed by atoms with Gasteiger partial charge < -0.3 is 15.4 Å². The summed E-state index contributed by atoms with van der Waals surface area (Å²) in [5.74, 6) is 0.260. The predicted octanol–water partition coefficient (Wildman–Crippen LogP) is 0.483. The summed E-state index contributed by atoms with van der Waals surface area (Å²) in [7, 11) is 0. The molecule has 0 spiro atoms. The van der Waals surface area contributed by atoms with Crippen LogP contribution in [0.4, 0.5) is 4.79 Å². The van der Waals surface area contributed by atoms with Crippen molar-refractivity contribution in [2.24, 2.45) is 11.7 Å². The molecule has 2 N–H and O–H groups in total. The van der Waals surface area contributed by atoms with Gasteiger partial charge in [0.1, 0.15) is 6.04 Å². The molecule has 1 saturated carbocycles. The molecule has 2 aliphatic rings. The van der Waals surface area contributed by atoms with Gasteiger partial charge in [0.15, 0.2) is 0 Å². The Bertz CT molecular complexity index is 276. The number of nitrogens with two attached hydrogens (primary N) is 1. The molecule has 15 heavy (non-hydrogen) atoms. The number of nitrogens with zero attached hydrogens (tertiary/aromatic N) is 1. The van der Waals surface area contributed by atoms with Crippen molar-refractivity contribution in [3.8, 4) is 0 Å². The fourth-order valence-electron chi connectivity index (χ4n) is 1.86. The molecule has 1 unspecified atom stereocenters. The highest BCUT2D eigenvalue weighted by Crippen LogP contribution is 2.29. The van der Waals surface area contributed by atoms with E-state index < -0.39 is 12.1 Å². The van der Waals surface area contributed by atoms with E-state index in [0.717, 1.165) is 19.3 Å². The summed E-state index contributed by atoms with van der Waals surface area (Å²) >= 11 is 0. The first kappa shape index (κ1) is 10.3. The number of amides is 2. The van der Waals surface area contributed by atoms with Crippen LogP contribution in [0.3, 0.4) is 0 Å². The van der Waals surface area contributed by atoms with Crippen LogP contribution >= 0.6 is 0 Å². The van der Waals surface area contributed by atoms with Crippen LogP contribution in [-0.2, 0) is 9.53 Å². The molecule has 1 atom stereocenters. The summed E-state index contributed by atoms with van der Waals surface area (Å²) in [6.07, 6.45) is 3.80. The lowest BCUT2D eigenvalue weighted by Gasteiger charge is -2.20. The first-order valence-corrected chi connectivity index (χ1v) is 5.41. The number of rotatable bonds is 3. The van der Waals surface area contributed by atoms with Crippen molar-refractivity contribution in [1.29, 1.82) is 0 Å². The topological polar surface area (TPSA) is 72.6 Å². The monoisotopic (exact) mass is 212 g/mol. The third-order valence-electron chi connectivity index (χ3n) is 2.97. The molecule has 84 valence electrons. The quantitative estimate of drug-likeness (QED) is 0.692. The van der Waals surface area contributed by atoms with Crippen molar-refractivity contribution in [2.45, 2.75) is 31.7 Å². The second kappa shape index (κ2) is 4.08. The van der Waals surface area contributed by atoms with Gasteiger partial charge in [-0.25, -0.2) is 9.59 Å². The van der Waals surface area contributed by atoms with E-state index in [1.165, 1.54) is 4.90 Å². The Morgan fingerprint density at radius 1 is 1.33 bits per heavy atom. The zero-order chi connectivity index (χ0) is 10.8. The van der Waals surface area contributed by atoms with Gasteiger partial charge in [-0.3, -0.25) is 0 Å². The number of primary amides is 1. The molecule has 0 radical (unpaired) electrons. The van der Waals surface area contributed by atoms with Crippen molar-refractivity contribution < 1.29 is 14.3 Å². The highest BCUT2D eigenvalue weighted by Gasteiger charge is 2.35. The molecular weight excluding hydrogens is 196 g/mol. The molecule has 1 heterocycles. The van der Waals surface area contributed by atoms with Gasteiger partial charge >= 0.3 is 12.0 Å². The van der Waals surface area contributed by atoms with E-state index in [4.69, 9.17) is 10.5 Å². The molecule has 2 amide bonds. The van der Waals surface area contributed by atoms with Crippen molar-refractivity contribution in [1.82, 2.24) is 4.90 Å². The van der Waals surface area contributed by atoms with Crippen molar-refractivity contribution in [3.63, 3.8) is 0 Å². The minimum Gasteiger partial charge on any atom is -0.464 e. The highest BCUT2D eigenvalue weighted by atomic mass is 16.5. The lowest BCUT2D eigenvalue weighted by atomic mass is 10.2. The number of likely N-dealkylation sites (tertiary alicyclic amines) is 1. The number of urea groups is 1. The number of esters is 1. The third kappa shape index (κ3) is 2.40. The van der Waals surface area contributed by atoms with E-state index in [2.05, 4.69) is 0 Å². The normalized spacial score (nSPS) is 25.3. The van der Waals surface area contributed by atoms with Crippen LogP contribution in [0.5, 0.6) is 0 Å². The third-order valence-corrected chi connectivity index (χ3v) is 2.97. The van der Waals surface area contributed by atoms with Crippen LogP contribution in [-0.4, -0.2) is 36.1 Å². The molecule has 1 aliphatic carbocycles. The smallest absolute Gasteiger partial charge is 0.328 e. The van der Waals surface area contributed by atoms with Crippen LogP contribution in [0.25, 0.3) is 0 Å². The van der Waals surface area contributed by atoms with Gasteiger partial charge in [0.2, 0.25) is 0 Å². The van der Waals surface area contributed by atoms with Crippen LogP contribution in [0, 0.1) is 5.92 Å². The number of hydrogen-bond donors (Lipinski definition) is 1. The maximum atomic E-state index is 11.6. The van der Waals surface area contributed by atoms with Gasteiger partial charge in [0.25, 0.3) is 0 Å². The van der Waals surface area contributed by atoms with Gasteiger partial charge in [-0.05, 0) is 31.6 Å². The Hall–Kier alpha value is -1.26. The summed E-state index contributed by atoms with van der Waals surface area (Å²) in [4.78, 5) is 24.0. The van der Waals surface area contributed by atoms with Gasteiger partial charge in [-0.1, -0.05) is 0 Å². The molecule has 2 fully saturated rings. The lowest BCUT2D eigenvalue weighted by Crippen LogP contribution is -2.44. The first-order chi connectivity index (χ1) is 7.18. The van der Waals surface area contributed by atoms with Crippen molar-refractivity contribution in [2.75, 3.05) is 13.2 Å². The summed E-state index contributed by atoms with van der Waals surface area (Å²) in [5, 5.41) is 0. The van der Waals surface area contributed by atoms with Crippen LogP contribution < -0.4 is 5.73 Å². The fourth-order valence-corrected chi connectivity index (χ4v) is 1.86. The van der Waals surface area contributed by atoms with Crippen LogP contribution in [0.1, 0.15) is 25.7 Å². The van der Waals surface area contributed by atoms with E-state index in [-0.39, 0.29) is 5.97 Å². The number of hydrogen-bond acceptors (Lipinski definition) is 3. The SMILES string of the molecule is NC(=O)N1CCCC1C(=O)OCC1CC1. The average molecular weight is 212 g/mol. The minimum absolute atomic E-state index is 0.293. The van der Waals surface area contributed by atoms with Gasteiger partial charge in [0.05, 0.1) is 6.61 Å². The average Bonchev–Trinajstić information content (AvgIpc) is 2.88. The summed E-state index contributed by atoms with van der Waals surface area (Å²) in [6.45, 7) is 1.07. The predicted molar refractivity (Wildman–Crippen MR) is 53.0 cm³/mol. The van der Waals surface area contributed by atoms with Gasteiger partial charge in [0, 0.05) is 6.54 Å². The maximum absolute atomic E-state index is 11.6. The first-order valence-electron chi connectivity index (χ1n) is 5.41. The molecule has 0 aromatic carbocycles. The maximum Gasteiger partial charge on any atom is 0.328 e. The Balaban J connectivity index is 1.84. The van der Waals surface area contributed by atoms with E-state index >= 15 is 0 Å². The second-order valence-electron chi connectivity index (χ2n) is 4.26. The molecular formula is C10H16N2O3. The standard InChI is InChI=1S/C10H16N2O3/c11-10(14)12-5-1-2-8(12)9(13)15-6-7-3-4-7/h7-8H,1-6H2,(H2,11,14). The second-order valence-corrected chi connectivity index (χ2v) is 4.26. The van der Waals surface area contributed by atoms with E-state index in [1.54, 1.807) is 0 Å². The molecule has 5 heteroatoms. The largest absolute Gasteiger partial charge is 0.464 e. The molecule has 0 aromatic heterocycles. The Labute approximate surface area is 88.5 Å². The zero-order valence-electron chi connectivity index (χ0n) is 8.65. The van der Waals surface area contributed by atoms with E-state index in [9.17, 15) is 9.59 Å². The molecule has 2 rings (SSSR count). The Kier molecular flexibility index (Phi) is 2.79. The molecule has 1 saturated heterocycles. The van der Waals surface area contributed by atoms with E-state index in [1.807, 2.05) is 0 Å². The molecule has 0 bridgehead atoms. The van der Waals surface area contributed by atoms with Gasteiger partial charge in [-0.2, -0.15) is 0 Å². The van der Waals surface area contributed by atoms with Crippen molar-refractivity contribution in [3.05, 3.63) is 0 Å². The van der Waals surface area contributed by atoms with E-state index in [0.29, 0.717) is 25.5 Å². The van der Waals surface area contributed by atoms with Crippen LogP contribution in [0.2, 0.25) is 0 Å². The Morgan fingerprint density at radius 2 is 2.07 bits per heavy atom. The number of carbonyl (C=O) groups is 2. The summed E-state index contributed by atoms with van der Waals surface area (Å²) < 4.78 is 5.14. The van der Waals surface area contributed by atoms with Crippen LogP contribution in [0.15, 0.2) is 0 Å². The molecule has 5 nitrogen and oxygen atoms in total. The Morgan fingerprint density at radius 3 is 2.67 bits per heavy atom. The zero-order valence-corrected chi connectivity index (χ0v) is 8.65.